The molecular formula is C25H20ClFN2O. The molecule has 0 spiro atoms. The van der Waals surface area contributed by atoms with E-state index in [0.717, 1.165) is 41.2 Å². The first-order valence-corrected chi connectivity index (χ1v) is 10.3. The lowest BCUT2D eigenvalue weighted by Crippen LogP contribution is -2.46. The second-order valence-electron chi connectivity index (χ2n) is 7.32. The summed E-state index contributed by atoms with van der Waals surface area (Å²) in [6, 6.07) is 22.5. The van der Waals surface area contributed by atoms with Gasteiger partial charge in [0.15, 0.2) is 5.72 Å². The van der Waals surface area contributed by atoms with E-state index in [2.05, 4.69) is 17.0 Å². The molecule has 0 radical (unpaired) electrons. The number of aliphatic imine (C=N–C) groups is 1. The van der Waals surface area contributed by atoms with Crippen molar-refractivity contribution >= 4 is 23.5 Å². The number of ether oxygens (including phenoxy) is 1. The molecule has 3 nitrogen and oxygen atoms in total. The van der Waals surface area contributed by atoms with Gasteiger partial charge in [0.1, 0.15) is 11.7 Å². The highest BCUT2D eigenvalue weighted by molar-refractivity contribution is 6.30. The molecule has 0 bridgehead atoms. The average molecular weight is 419 g/mol. The van der Waals surface area contributed by atoms with Gasteiger partial charge in [-0.1, -0.05) is 72.3 Å². The Morgan fingerprint density at radius 2 is 1.80 bits per heavy atom. The number of amidine groups is 1. The minimum Gasteiger partial charge on any atom is -0.343 e. The van der Waals surface area contributed by atoms with Gasteiger partial charge < -0.3 is 9.64 Å². The van der Waals surface area contributed by atoms with E-state index < -0.39 is 5.72 Å². The van der Waals surface area contributed by atoms with E-state index in [1.54, 1.807) is 12.1 Å². The molecule has 0 N–H and O–H groups in total. The van der Waals surface area contributed by atoms with Crippen molar-refractivity contribution in [2.75, 3.05) is 19.7 Å². The molecule has 2 heterocycles. The third-order valence-corrected chi connectivity index (χ3v) is 5.81. The van der Waals surface area contributed by atoms with Crippen LogP contribution in [0.15, 0.2) is 83.9 Å². The van der Waals surface area contributed by atoms with Crippen LogP contribution in [0.1, 0.15) is 22.3 Å². The first-order chi connectivity index (χ1) is 14.7. The third-order valence-electron chi connectivity index (χ3n) is 5.56. The predicted molar refractivity (Wildman–Crippen MR) is 118 cm³/mol. The van der Waals surface area contributed by atoms with Gasteiger partial charge in [0.05, 0.1) is 13.2 Å². The van der Waals surface area contributed by atoms with Gasteiger partial charge in [0, 0.05) is 28.3 Å². The van der Waals surface area contributed by atoms with Gasteiger partial charge in [0.2, 0.25) is 0 Å². The van der Waals surface area contributed by atoms with E-state index in [1.807, 2.05) is 48.6 Å². The molecule has 2 aliphatic heterocycles. The molecule has 0 amide bonds. The molecule has 3 aromatic carbocycles. The molecule has 150 valence electrons. The summed E-state index contributed by atoms with van der Waals surface area (Å²) in [5, 5.41) is 0.687. The number of nitrogens with zero attached hydrogens (tertiary/aromatic N) is 2. The lowest BCUT2D eigenvalue weighted by Gasteiger charge is -2.38. The van der Waals surface area contributed by atoms with Crippen molar-refractivity contribution in [2.45, 2.75) is 5.72 Å². The largest absolute Gasteiger partial charge is 0.343 e. The molecule has 0 aliphatic carbocycles. The van der Waals surface area contributed by atoms with Crippen LogP contribution in [0.4, 0.5) is 4.39 Å². The van der Waals surface area contributed by atoms with E-state index in [9.17, 15) is 4.39 Å². The van der Waals surface area contributed by atoms with Crippen molar-refractivity contribution in [2.24, 2.45) is 4.99 Å². The quantitative estimate of drug-likeness (QED) is 0.547. The smallest absolute Gasteiger partial charge is 0.196 e. The highest BCUT2D eigenvalue weighted by Gasteiger charge is 2.51. The molecule has 1 unspecified atom stereocenters. The molecule has 0 saturated carbocycles. The van der Waals surface area contributed by atoms with Gasteiger partial charge in [-0.15, -0.1) is 0 Å². The van der Waals surface area contributed by atoms with Crippen molar-refractivity contribution in [3.05, 3.63) is 112 Å². The molecule has 0 fully saturated rings. The molecule has 1 atom stereocenters. The summed E-state index contributed by atoms with van der Waals surface area (Å²) in [6.07, 6.45) is 3.90. The monoisotopic (exact) mass is 418 g/mol. The topological polar surface area (TPSA) is 24.8 Å². The summed E-state index contributed by atoms with van der Waals surface area (Å²) < 4.78 is 19.8. The molecular weight excluding hydrogens is 399 g/mol. The van der Waals surface area contributed by atoms with Gasteiger partial charge in [-0.3, -0.25) is 4.99 Å². The van der Waals surface area contributed by atoms with E-state index in [0.29, 0.717) is 11.6 Å². The van der Waals surface area contributed by atoms with Gasteiger partial charge in [0.25, 0.3) is 0 Å². The van der Waals surface area contributed by atoms with Crippen LogP contribution < -0.4 is 0 Å². The Balaban J connectivity index is 1.53. The zero-order valence-electron chi connectivity index (χ0n) is 16.3. The molecule has 5 rings (SSSR count). The SMILES string of the molecule is Fc1ccc(/C=C/COC2(c3ccc(Cl)cc3)c3ccccc3C3=NCCN32)cc1. The van der Waals surface area contributed by atoms with Gasteiger partial charge >= 0.3 is 0 Å². The van der Waals surface area contributed by atoms with Crippen LogP contribution in [0.2, 0.25) is 5.02 Å². The summed E-state index contributed by atoms with van der Waals surface area (Å²) in [7, 11) is 0. The number of benzene rings is 3. The third kappa shape index (κ3) is 3.13. The highest BCUT2D eigenvalue weighted by atomic mass is 35.5. The first-order valence-electron chi connectivity index (χ1n) is 9.92. The summed E-state index contributed by atoms with van der Waals surface area (Å²) >= 11 is 6.16. The Morgan fingerprint density at radius 1 is 1.03 bits per heavy atom. The number of fused-ring (bicyclic) bond motifs is 3. The van der Waals surface area contributed by atoms with Crippen LogP contribution in [0.5, 0.6) is 0 Å². The standard InChI is InChI=1S/C25H20ClFN2O/c26-20-11-9-19(10-12-20)25(30-17-3-4-18-7-13-21(27)14-8-18)23-6-2-1-5-22(23)24-28-15-16-29(24)25/h1-14H,15-17H2/b4-3+. The van der Waals surface area contributed by atoms with Crippen molar-refractivity contribution < 1.29 is 9.13 Å². The average Bonchev–Trinajstić information content (AvgIpc) is 3.35. The van der Waals surface area contributed by atoms with Crippen LogP contribution in [-0.2, 0) is 10.5 Å². The molecule has 5 heteroatoms. The summed E-state index contributed by atoms with van der Waals surface area (Å²) in [5.74, 6) is 0.733. The molecule has 0 saturated heterocycles. The van der Waals surface area contributed by atoms with E-state index in [4.69, 9.17) is 21.3 Å². The van der Waals surface area contributed by atoms with Crippen LogP contribution in [0.3, 0.4) is 0 Å². The van der Waals surface area contributed by atoms with E-state index in [-0.39, 0.29) is 5.82 Å². The van der Waals surface area contributed by atoms with E-state index >= 15 is 0 Å². The summed E-state index contributed by atoms with van der Waals surface area (Å²) in [6.45, 7) is 1.92. The molecule has 0 aromatic heterocycles. The maximum absolute atomic E-state index is 13.1. The Hall–Kier alpha value is -2.95. The van der Waals surface area contributed by atoms with E-state index in [1.165, 1.54) is 12.1 Å². The lowest BCUT2D eigenvalue weighted by atomic mass is 9.93. The lowest BCUT2D eigenvalue weighted by molar-refractivity contribution is -0.0817. The highest BCUT2D eigenvalue weighted by Crippen LogP contribution is 2.46. The van der Waals surface area contributed by atoms with Gasteiger partial charge in [-0.25, -0.2) is 4.39 Å². The fraction of sp³-hybridized carbons (Fsp3) is 0.160. The van der Waals surface area contributed by atoms with Crippen molar-refractivity contribution in [3.8, 4) is 0 Å². The Labute approximate surface area is 180 Å². The number of rotatable bonds is 5. The Kier molecular flexibility index (Phi) is 4.89. The summed E-state index contributed by atoms with van der Waals surface area (Å²) in [5.41, 5.74) is 3.37. The number of hydrogen-bond acceptors (Lipinski definition) is 3. The van der Waals surface area contributed by atoms with Gasteiger partial charge in [-0.05, 0) is 29.8 Å². The fourth-order valence-corrected chi connectivity index (χ4v) is 4.38. The molecule has 30 heavy (non-hydrogen) atoms. The zero-order chi connectivity index (χ0) is 20.6. The minimum absolute atomic E-state index is 0.242. The normalized spacial score (nSPS) is 19.8. The maximum atomic E-state index is 13.1. The minimum atomic E-state index is -0.760. The van der Waals surface area contributed by atoms with Crippen molar-refractivity contribution in [1.82, 2.24) is 4.90 Å². The fourth-order valence-electron chi connectivity index (χ4n) is 4.26. The second-order valence-corrected chi connectivity index (χ2v) is 7.75. The summed E-state index contributed by atoms with van der Waals surface area (Å²) in [4.78, 5) is 6.99. The Morgan fingerprint density at radius 3 is 2.60 bits per heavy atom. The van der Waals surface area contributed by atoms with Crippen LogP contribution in [-0.4, -0.2) is 30.4 Å². The van der Waals surface area contributed by atoms with Crippen LogP contribution in [0.25, 0.3) is 6.08 Å². The number of halogens is 2. The van der Waals surface area contributed by atoms with Gasteiger partial charge in [-0.2, -0.15) is 0 Å². The predicted octanol–water partition coefficient (Wildman–Crippen LogP) is 5.49. The van der Waals surface area contributed by atoms with Crippen LogP contribution >= 0.6 is 11.6 Å². The number of hydrogen-bond donors (Lipinski definition) is 0. The van der Waals surface area contributed by atoms with Crippen molar-refractivity contribution in [1.29, 1.82) is 0 Å². The zero-order valence-corrected chi connectivity index (χ0v) is 17.0. The second kappa shape index (κ2) is 7.71. The first kappa shape index (κ1) is 19.0. The van der Waals surface area contributed by atoms with Crippen molar-refractivity contribution in [3.63, 3.8) is 0 Å². The maximum Gasteiger partial charge on any atom is 0.196 e. The molecule has 2 aliphatic rings. The Bertz CT molecular complexity index is 1120. The van der Waals surface area contributed by atoms with Crippen LogP contribution in [0, 0.1) is 5.82 Å². The molecule has 3 aromatic rings.